The van der Waals surface area contributed by atoms with Gasteiger partial charge in [-0.3, -0.25) is 14.5 Å². The van der Waals surface area contributed by atoms with Crippen LogP contribution in [-0.4, -0.2) is 43.3 Å². The molecule has 0 radical (unpaired) electrons. The number of rotatable bonds is 5. The Bertz CT molecular complexity index is 431. The molecule has 1 rings (SSSR count). The average Bonchev–Trinajstić information content (AvgIpc) is 2.37. The Balaban J connectivity index is 2.71. The van der Waals surface area contributed by atoms with E-state index in [1.807, 2.05) is 0 Å². The minimum absolute atomic E-state index is 0.0296. The summed E-state index contributed by atoms with van der Waals surface area (Å²) in [6.45, 7) is 1.97. The van der Waals surface area contributed by atoms with Crippen molar-refractivity contribution in [2.24, 2.45) is 0 Å². The third-order valence-corrected chi connectivity index (χ3v) is 3.09. The molecule has 0 aliphatic carbocycles. The van der Waals surface area contributed by atoms with Gasteiger partial charge in [0.05, 0.1) is 12.6 Å². The van der Waals surface area contributed by atoms with E-state index in [0.29, 0.717) is 10.6 Å². The van der Waals surface area contributed by atoms with Gasteiger partial charge in [-0.05, 0) is 38.2 Å². The first-order valence-electron chi connectivity index (χ1n) is 5.66. The second-order valence-corrected chi connectivity index (χ2v) is 4.57. The number of amides is 1. The molecule has 0 aromatic heterocycles. The molecule has 1 N–H and O–H groups in total. The van der Waals surface area contributed by atoms with Crippen molar-refractivity contribution in [3.8, 4) is 0 Å². The fraction of sp³-hybridized carbons (Fsp3) is 0.385. The lowest BCUT2D eigenvalue weighted by Gasteiger charge is -2.22. The predicted molar refractivity (Wildman–Crippen MR) is 71.9 cm³/mol. The van der Waals surface area contributed by atoms with Crippen molar-refractivity contribution in [1.82, 2.24) is 10.2 Å². The van der Waals surface area contributed by atoms with Crippen LogP contribution >= 0.6 is 11.6 Å². The molecule has 0 saturated heterocycles. The fourth-order valence-electron chi connectivity index (χ4n) is 1.50. The smallest absolute Gasteiger partial charge is 0.233 e. The Morgan fingerprint density at radius 2 is 1.89 bits per heavy atom. The minimum Gasteiger partial charge on any atom is -0.358 e. The number of Topliss-reactive ketones (excluding diaryl/α,β-unsaturated/α-hetero) is 1. The molecule has 4 nitrogen and oxygen atoms in total. The normalized spacial score (nSPS) is 12.3. The second-order valence-electron chi connectivity index (χ2n) is 4.14. The summed E-state index contributed by atoms with van der Waals surface area (Å²) < 4.78 is 0. The van der Waals surface area contributed by atoms with Crippen molar-refractivity contribution in [1.29, 1.82) is 0 Å². The predicted octanol–water partition coefficient (Wildman–Crippen LogP) is 1.59. The van der Waals surface area contributed by atoms with Crippen LogP contribution < -0.4 is 5.32 Å². The standard InChI is InChI=1S/C13H17ClN2O2/c1-9(16(3)8-12(17)15-2)13(18)10-4-6-11(14)7-5-10/h4-7,9H,8H2,1-3H3,(H,15,17). The number of ketones is 1. The van der Waals surface area contributed by atoms with Crippen molar-refractivity contribution in [3.63, 3.8) is 0 Å². The summed E-state index contributed by atoms with van der Waals surface area (Å²) in [4.78, 5) is 25.1. The first kappa shape index (κ1) is 14.7. The van der Waals surface area contributed by atoms with Gasteiger partial charge in [-0.2, -0.15) is 0 Å². The molecule has 1 aromatic rings. The molecule has 1 amide bonds. The van der Waals surface area contributed by atoms with Gasteiger partial charge in [0.2, 0.25) is 5.91 Å². The number of hydrogen-bond acceptors (Lipinski definition) is 3. The van der Waals surface area contributed by atoms with Gasteiger partial charge in [0, 0.05) is 17.6 Å². The number of likely N-dealkylation sites (N-methyl/N-ethyl adjacent to an activating group) is 2. The van der Waals surface area contributed by atoms with Crippen molar-refractivity contribution in [2.75, 3.05) is 20.6 Å². The van der Waals surface area contributed by atoms with E-state index in [4.69, 9.17) is 11.6 Å². The lowest BCUT2D eigenvalue weighted by atomic mass is 10.0. The third kappa shape index (κ3) is 3.82. The maximum Gasteiger partial charge on any atom is 0.233 e. The van der Waals surface area contributed by atoms with Crippen LogP contribution in [0.5, 0.6) is 0 Å². The number of benzene rings is 1. The molecular formula is C13H17ClN2O2. The number of halogens is 1. The molecule has 5 heteroatoms. The highest BCUT2D eigenvalue weighted by Crippen LogP contribution is 2.12. The zero-order valence-corrected chi connectivity index (χ0v) is 11.5. The van der Waals surface area contributed by atoms with Crippen LogP contribution in [0.2, 0.25) is 5.02 Å². The molecule has 1 unspecified atom stereocenters. The zero-order chi connectivity index (χ0) is 13.7. The number of carbonyl (C=O) groups excluding carboxylic acids is 2. The SMILES string of the molecule is CNC(=O)CN(C)C(C)C(=O)c1ccc(Cl)cc1. The Morgan fingerprint density at radius 3 is 2.39 bits per heavy atom. The van der Waals surface area contributed by atoms with E-state index < -0.39 is 0 Å². The molecule has 0 fully saturated rings. The maximum atomic E-state index is 12.2. The number of hydrogen-bond donors (Lipinski definition) is 1. The van der Waals surface area contributed by atoms with Crippen LogP contribution in [0.3, 0.4) is 0 Å². The molecule has 98 valence electrons. The molecule has 0 saturated carbocycles. The summed E-state index contributed by atoms with van der Waals surface area (Å²) in [6, 6.07) is 6.38. The maximum absolute atomic E-state index is 12.2. The summed E-state index contributed by atoms with van der Waals surface area (Å²) in [5.74, 6) is -0.147. The minimum atomic E-state index is -0.358. The van der Waals surface area contributed by atoms with Crippen LogP contribution in [0.25, 0.3) is 0 Å². The average molecular weight is 269 g/mol. The van der Waals surface area contributed by atoms with E-state index in [1.54, 1.807) is 50.2 Å². The van der Waals surface area contributed by atoms with Gasteiger partial charge < -0.3 is 5.32 Å². The fourth-order valence-corrected chi connectivity index (χ4v) is 1.62. The Hall–Kier alpha value is -1.39. The highest BCUT2D eigenvalue weighted by Gasteiger charge is 2.20. The summed E-state index contributed by atoms with van der Waals surface area (Å²) in [7, 11) is 3.32. The summed E-state index contributed by atoms with van der Waals surface area (Å²) >= 11 is 5.77. The quantitative estimate of drug-likeness (QED) is 0.825. The van der Waals surface area contributed by atoms with Gasteiger partial charge in [-0.1, -0.05) is 11.6 Å². The molecule has 0 aliphatic rings. The Morgan fingerprint density at radius 1 is 1.33 bits per heavy atom. The number of nitrogens with zero attached hydrogens (tertiary/aromatic N) is 1. The van der Waals surface area contributed by atoms with Crippen LogP contribution in [0.1, 0.15) is 17.3 Å². The highest BCUT2D eigenvalue weighted by atomic mass is 35.5. The first-order valence-corrected chi connectivity index (χ1v) is 6.04. The molecule has 1 aromatic carbocycles. The topological polar surface area (TPSA) is 49.4 Å². The molecule has 0 aliphatic heterocycles. The first-order chi connectivity index (χ1) is 8.45. The lowest BCUT2D eigenvalue weighted by molar-refractivity contribution is -0.121. The van der Waals surface area contributed by atoms with E-state index >= 15 is 0 Å². The molecule has 0 heterocycles. The second kappa shape index (κ2) is 6.52. The monoisotopic (exact) mass is 268 g/mol. The summed E-state index contributed by atoms with van der Waals surface area (Å²) in [5.41, 5.74) is 0.593. The van der Waals surface area contributed by atoms with Crippen molar-refractivity contribution < 1.29 is 9.59 Å². The zero-order valence-electron chi connectivity index (χ0n) is 10.7. The Kier molecular flexibility index (Phi) is 5.31. The molecular weight excluding hydrogens is 252 g/mol. The van der Waals surface area contributed by atoms with E-state index in [0.717, 1.165) is 0 Å². The molecule has 18 heavy (non-hydrogen) atoms. The molecule has 1 atom stereocenters. The van der Waals surface area contributed by atoms with E-state index in [1.165, 1.54) is 0 Å². The van der Waals surface area contributed by atoms with Crippen molar-refractivity contribution in [2.45, 2.75) is 13.0 Å². The van der Waals surface area contributed by atoms with E-state index in [-0.39, 0.29) is 24.3 Å². The van der Waals surface area contributed by atoms with Gasteiger partial charge in [0.1, 0.15) is 0 Å². The van der Waals surface area contributed by atoms with Crippen LogP contribution in [-0.2, 0) is 4.79 Å². The van der Waals surface area contributed by atoms with Gasteiger partial charge >= 0.3 is 0 Å². The van der Waals surface area contributed by atoms with Crippen LogP contribution in [0.4, 0.5) is 0 Å². The van der Waals surface area contributed by atoms with Crippen molar-refractivity contribution >= 4 is 23.3 Å². The summed E-state index contributed by atoms with van der Waals surface area (Å²) in [6.07, 6.45) is 0. The molecule has 0 spiro atoms. The summed E-state index contributed by atoms with van der Waals surface area (Å²) in [5, 5.41) is 3.12. The Labute approximate surface area is 112 Å². The van der Waals surface area contributed by atoms with E-state index in [2.05, 4.69) is 5.32 Å². The highest BCUT2D eigenvalue weighted by molar-refractivity contribution is 6.30. The largest absolute Gasteiger partial charge is 0.358 e. The number of nitrogens with one attached hydrogen (secondary N) is 1. The van der Waals surface area contributed by atoms with Gasteiger partial charge in [0.15, 0.2) is 5.78 Å². The van der Waals surface area contributed by atoms with Crippen LogP contribution in [0.15, 0.2) is 24.3 Å². The van der Waals surface area contributed by atoms with E-state index in [9.17, 15) is 9.59 Å². The molecule has 0 bridgehead atoms. The van der Waals surface area contributed by atoms with Crippen LogP contribution in [0, 0.1) is 0 Å². The van der Waals surface area contributed by atoms with Gasteiger partial charge in [-0.25, -0.2) is 0 Å². The third-order valence-electron chi connectivity index (χ3n) is 2.84. The number of carbonyl (C=O) groups is 2. The van der Waals surface area contributed by atoms with Gasteiger partial charge in [-0.15, -0.1) is 0 Å². The van der Waals surface area contributed by atoms with Gasteiger partial charge in [0.25, 0.3) is 0 Å². The van der Waals surface area contributed by atoms with Crippen molar-refractivity contribution in [3.05, 3.63) is 34.9 Å². The lowest BCUT2D eigenvalue weighted by Crippen LogP contribution is -2.42.